The molecule has 3 heterocycles. The van der Waals surface area contributed by atoms with Gasteiger partial charge >= 0.3 is 5.97 Å². The van der Waals surface area contributed by atoms with Crippen LogP contribution >= 0.6 is 0 Å². The maximum Gasteiger partial charge on any atom is 0.305 e. The number of carbonyl (C=O) groups is 2. The van der Waals surface area contributed by atoms with Gasteiger partial charge in [-0.05, 0) is 41.3 Å². The van der Waals surface area contributed by atoms with Crippen molar-refractivity contribution in [3.63, 3.8) is 0 Å². The Morgan fingerprint density at radius 1 is 1.32 bits per heavy atom. The number of methoxy groups -OCH3 is 1. The highest BCUT2D eigenvalue weighted by atomic mass is 16.5. The summed E-state index contributed by atoms with van der Waals surface area (Å²) in [6, 6.07) is 3.45. The smallest absolute Gasteiger partial charge is 0.305 e. The van der Waals surface area contributed by atoms with E-state index >= 15 is 0 Å². The highest BCUT2D eigenvalue weighted by Crippen LogP contribution is 2.22. The summed E-state index contributed by atoms with van der Waals surface area (Å²) >= 11 is 0. The lowest BCUT2D eigenvalue weighted by Crippen LogP contribution is -2.39. The number of ether oxygens (including phenoxy) is 1. The van der Waals surface area contributed by atoms with E-state index in [1.165, 1.54) is 11.6 Å². The molecule has 8 heteroatoms. The van der Waals surface area contributed by atoms with E-state index in [0.29, 0.717) is 36.6 Å². The third-order valence-corrected chi connectivity index (χ3v) is 4.02. The van der Waals surface area contributed by atoms with Gasteiger partial charge in [-0.25, -0.2) is 0 Å². The third kappa shape index (κ3) is 2.90. The molecule has 2 aromatic heterocycles. The summed E-state index contributed by atoms with van der Waals surface area (Å²) < 4.78 is 6.17. The summed E-state index contributed by atoms with van der Waals surface area (Å²) in [5.41, 5.74) is 1.17. The molecule has 1 aliphatic rings. The molecule has 0 unspecified atom stereocenters. The fraction of sp³-hybridized carbons (Fsp3) is 0.500. The van der Waals surface area contributed by atoms with E-state index in [2.05, 4.69) is 20.3 Å². The van der Waals surface area contributed by atoms with Gasteiger partial charge in [-0.1, -0.05) is 0 Å². The molecule has 0 aliphatic carbocycles. The van der Waals surface area contributed by atoms with Gasteiger partial charge in [0.05, 0.1) is 12.7 Å². The second kappa shape index (κ2) is 6.08. The fourth-order valence-corrected chi connectivity index (χ4v) is 2.71. The van der Waals surface area contributed by atoms with Crippen LogP contribution in [0.25, 0.3) is 5.65 Å². The molecule has 0 radical (unpaired) electrons. The number of tetrazole rings is 1. The monoisotopic (exact) mass is 303 g/mol. The van der Waals surface area contributed by atoms with Crippen molar-refractivity contribution in [1.29, 1.82) is 0 Å². The summed E-state index contributed by atoms with van der Waals surface area (Å²) in [6.07, 6.45) is 3.69. The molecule has 0 bridgehead atoms. The van der Waals surface area contributed by atoms with E-state index in [1.807, 2.05) is 0 Å². The number of likely N-dealkylation sites (tertiary alicyclic amines) is 1. The van der Waals surface area contributed by atoms with Gasteiger partial charge in [0.15, 0.2) is 5.65 Å². The molecule has 0 saturated carbocycles. The van der Waals surface area contributed by atoms with Crippen LogP contribution in [0.3, 0.4) is 0 Å². The maximum atomic E-state index is 12.5. The van der Waals surface area contributed by atoms with Gasteiger partial charge in [0, 0.05) is 25.7 Å². The number of hydrogen-bond acceptors (Lipinski definition) is 6. The lowest BCUT2D eigenvalue weighted by molar-refractivity contribution is -0.142. The van der Waals surface area contributed by atoms with Crippen LogP contribution in [0.15, 0.2) is 18.3 Å². The molecule has 0 aromatic carbocycles. The van der Waals surface area contributed by atoms with Gasteiger partial charge in [-0.3, -0.25) is 9.59 Å². The molecule has 0 N–H and O–H groups in total. The summed E-state index contributed by atoms with van der Waals surface area (Å²) in [5, 5.41) is 11.2. The average molecular weight is 303 g/mol. The minimum Gasteiger partial charge on any atom is -0.469 e. The van der Waals surface area contributed by atoms with Gasteiger partial charge in [0.1, 0.15) is 0 Å². The quantitative estimate of drug-likeness (QED) is 0.769. The second-order valence-corrected chi connectivity index (χ2v) is 5.42. The number of fused-ring (bicyclic) bond motifs is 1. The topological polar surface area (TPSA) is 89.7 Å². The van der Waals surface area contributed by atoms with Crippen molar-refractivity contribution >= 4 is 17.5 Å². The van der Waals surface area contributed by atoms with Crippen molar-refractivity contribution in [1.82, 2.24) is 24.9 Å². The summed E-state index contributed by atoms with van der Waals surface area (Å²) in [6.45, 7) is 1.29. The van der Waals surface area contributed by atoms with Gasteiger partial charge in [0.2, 0.25) is 0 Å². The number of rotatable bonds is 3. The normalized spacial score (nSPS) is 16.0. The Morgan fingerprint density at radius 2 is 2.09 bits per heavy atom. The molecular formula is C14H17N5O3. The molecular weight excluding hydrogens is 286 g/mol. The van der Waals surface area contributed by atoms with E-state index in [1.54, 1.807) is 23.2 Å². The van der Waals surface area contributed by atoms with Crippen molar-refractivity contribution in [3.05, 3.63) is 23.9 Å². The van der Waals surface area contributed by atoms with Gasteiger partial charge in [-0.2, -0.15) is 4.52 Å². The lowest BCUT2D eigenvalue weighted by atomic mass is 9.93. The number of esters is 1. The zero-order chi connectivity index (χ0) is 15.5. The number of piperidine rings is 1. The predicted octanol–water partition coefficient (Wildman–Crippen LogP) is 0.540. The molecule has 1 amide bonds. The van der Waals surface area contributed by atoms with Crippen LogP contribution in [0.4, 0.5) is 0 Å². The first-order chi connectivity index (χ1) is 10.7. The average Bonchev–Trinajstić information content (AvgIpc) is 3.02. The number of amides is 1. The number of hydrogen-bond donors (Lipinski definition) is 0. The van der Waals surface area contributed by atoms with E-state index in [9.17, 15) is 9.59 Å². The highest BCUT2D eigenvalue weighted by Gasteiger charge is 2.25. The largest absolute Gasteiger partial charge is 0.469 e. The Balaban J connectivity index is 1.63. The second-order valence-electron chi connectivity index (χ2n) is 5.42. The molecule has 0 spiro atoms. The predicted molar refractivity (Wildman–Crippen MR) is 76.0 cm³/mol. The van der Waals surface area contributed by atoms with E-state index in [0.717, 1.165) is 12.8 Å². The molecule has 22 heavy (non-hydrogen) atoms. The Morgan fingerprint density at radius 3 is 2.82 bits per heavy atom. The lowest BCUT2D eigenvalue weighted by Gasteiger charge is -2.31. The maximum absolute atomic E-state index is 12.5. The number of carbonyl (C=O) groups excluding carboxylic acids is 2. The molecule has 1 saturated heterocycles. The van der Waals surface area contributed by atoms with Crippen LogP contribution in [0, 0.1) is 5.92 Å². The van der Waals surface area contributed by atoms with Crippen molar-refractivity contribution in [2.24, 2.45) is 5.92 Å². The van der Waals surface area contributed by atoms with Crippen LogP contribution in [-0.2, 0) is 9.53 Å². The van der Waals surface area contributed by atoms with Crippen molar-refractivity contribution < 1.29 is 14.3 Å². The van der Waals surface area contributed by atoms with Crippen LogP contribution in [0.5, 0.6) is 0 Å². The zero-order valence-electron chi connectivity index (χ0n) is 12.3. The van der Waals surface area contributed by atoms with Crippen LogP contribution < -0.4 is 0 Å². The standard InChI is InChI=1S/C14H17N5O3/c1-22-13(20)8-10-4-6-18(7-5-10)14(21)11-2-3-12-15-16-17-19(12)9-11/h2-3,9-10H,4-8H2,1H3. The molecule has 1 fully saturated rings. The summed E-state index contributed by atoms with van der Waals surface area (Å²) in [7, 11) is 1.40. The Kier molecular flexibility index (Phi) is 3.99. The van der Waals surface area contributed by atoms with Gasteiger partial charge in [0.25, 0.3) is 5.91 Å². The van der Waals surface area contributed by atoms with E-state index < -0.39 is 0 Å². The van der Waals surface area contributed by atoms with Crippen LogP contribution in [0.1, 0.15) is 29.6 Å². The Labute approximate surface area is 127 Å². The first-order valence-corrected chi connectivity index (χ1v) is 7.21. The van der Waals surface area contributed by atoms with Crippen molar-refractivity contribution in [3.8, 4) is 0 Å². The van der Waals surface area contributed by atoms with E-state index in [-0.39, 0.29) is 11.9 Å². The first-order valence-electron chi connectivity index (χ1n) is 7.21. The molecule has 8 nitrogen and oxygen atoms in total. The minimum absolute atomic E-state index is 0.0334. The Bertz CT molecular complexity index is 691. The number of nitrogens with zero attached hydrogens (tertiary/aromatic N) is 5. The molecule has 116 valence electrons. The van der Waals surface area contributed by atoms with Crippen LogP contribution in [0.2, 0.25) is 0 Å². The Hall–Kier alpha value is -2.51. The van der Waals surface area contributed by atoms with Gasteiger partial charge in [-0.15, -0.1) is 5.10 Å². The van der Waals surface area contributed by atoms with Crippen molar-refractivity contribution in [2.75, 3.05) is 20.2 Å². The number of pyridine rings is 1. The fourth-order valence-electron chi connectivity index (χ4n) is 2.71. The minimum atomic E-state index is -0.186. The highest BCUT2D eigenvalue weighted by molar-refractivity contribution is 5.94. The number of aromatic nitrogens is 4. The van der Waals surface area contributed by atoms with Gasteiger partial charge < -0.3 is 9.64 Å². The van der Waals surface area contributed by atoms with Crippen molar-refractivity contribution in [2.45, 2.75) is 19.3 Å². The first kappa shape index (κ1) is 14.4. The zero-order valence-corrected chi connectivity index (χ0v) is 12.3. The molecule has 1 aliphatic heterocycles. The molecule has 2 aromatic rings. The third-order valence-electron chi connectivity index (χ3n) is 4.02. The molecule has 3 rings (SSSR count). The molecule has 0 atom stereocenters. The van der Waals surface area contributed by atoms with Crippen LogP contribution in [-0.4, -0.2) is 57.0 Å². The SMILES string of the molecule is COC(=O)CC1CCN(C(=O)c2ccc3nnnn3c2)CC1. The summed E-state index contributed by atoms with van der Waals surface area (Å²) in [4.78, 5) is 25.6. The summed E-state index contributed by atoms with van der Waals surface area (Å²) in [5.74, 6) is 0.0707. The van der Waals surface area contributed by atoms with E-state index in [4.69, 9.17) is 0 Å².